The van der Waals surface area contributed by atoms with E-state index in [4.69, 9.17) is 4.74 Å². The van der Waals surface area contributed by atoms with Crippen LogP contribution in [0.1, 0.15) is 12.5 Å². The van der Waals surface area contributed by atoms with Crippen molar-refractivity contribution in [2.24, 2.45) is 0 Å². The van der Waals surface area contributed by atoms with Crippen molar-refractivity contribution in [1.29, 1.82) is 0 Å². The fraction of sp³-hybridized carbons (Fsp3) is 0.333. The molecule has 2 amide bonds. The predicted molar refractivity (Wildman–Crippen MR) is 95.2 cm³/mol. The van der Waals surface area contributed by atoms with E-state index in [2.05, 4.69) is 5.32 Å². The molecule has 1 saturated heterocycles. The second kappa shape index (κ2) is 9.29. The molecule has 0 aromatic heterocycles. The third kappa shape index (κ3) is 4.75. The predicted octanol–water partition coefficient (Wildman–Crippen LogP) is -5.12. The number of β-lactam (4-membered cyclic amide) rings is 1. The first-order chi connectivity index (χ1) is 13.6. The molecule has 0 aliphatic carbocycles. The van der Waals surface area contributed by atoms with Crippen LogP contribution in [0.5, 0.6) is 0 Å². The van der Waals surface area contributed by atoms with E-state index in [0.29, 0.717) is 10.5 Å². The monoisotopic (exact) mass is 444 g/mol. The first kappa shape index (κ1) is 24.1. The quantitative estimate of drug-likeness (QED) is 0.260. The van der Waals surface area contributed by atoms with E-state index in [0.717, 1.165) is 6.92 Å². The number of esters is 1. The van der Waals surface area contributed by atoms with E-state index >= 15 is 0 Å². The van der Waals surface area contributed by atoms with Crippen LogP contribution in [0.2, 0.25) is 0 Å². The van der Waals surface area contributed by atoms with Gasteiger partial charge < -0.3 is 20.0 Å². The summed E-state index contributed by atoms with van der Waals surface area (Å²) in [5, 5.41) is 12.4. The molecule has 0 radical (unpaired) electrons. The van der Waals surface area contributed by atoms with Gasteiger partial charge in [0.05, 0.1) is 23.8 Å². The largest absolute Gasteiger partial charge is 1.00 e. The van der Waals surface area contributed by atoms with E-state index in [-0.39, 0.29) is 41.6 Å². The smallest absolute Gasteiger partial charge is 0.543 e. The van der Waals surface area contributed by atoms with E-state index in [1.165, 1.54) is 0 Å². The molecule has 1 aromatic carbocycles. The number of hydrogen-bond acceptors (Lipinski definition) is 8. The maximum atomic E-state index is 12.6. The van der Waals surface area contributed by atoms with Crippen LogP contribution in [-0.4, -0.2) is 60.8 Å². The number of nitrogens with zero attached hydrogens (tertiary/aromatic N) is 1. The Morgan fingerprint density at radius 1 is 1.23 bits per heavy atom. The molecule has 0 unspecified atom stereocenters. The molecule has 2 aliphatic rings. The number of carboxylic acids is 1. The number of carboxylic acid groups (broad SMARTS) is 1. The zero-order valence-electron chi connectivity index (χ0n) is 16.3. The number of carbonyl (C=O) groups is 4. The second-order valence-corrected chi connectivity index (χ2v) is 8.73. The Morgan fingerprint density at radius 3 is 2.43 bits per heavy atom. The van der Waals surface area contributed by atoms with E-state index < -0.39 is 63.1 Å². The molecule has 30 heavy (non-hydrogen) atoms. The Bertz CT molecular complexity index is 1020. The molecule has 2 atom stereocenters. The second-order valence-electron chi connectivity index (χ2n) is 6.63. The first-order valence-corrected chi connectivity index (χ1v) is 10.3. The Labute approximate surface area is 194 Å². The number of ether oxygens (including phenoxy) is 1. The molecule has 12 heteroatoms. The van der Waals surface area contributed by atoms with Gasteiger partial charge in [0.25, 0.3) is 5.91 Å². The molecule has 3 rings (SSSR count). The zero-order chi connectivity index (χ0) is 21.3. The summed E-state index contributed by atoms with van der Waals surface area (Å²) in [6.07, 6.45) is -0.0712. The number of sulfone groups is 1. The van der Waals surface area contributed by atoms with Crippen LogP contribution in [-0.2, 0) is 40.2 Å². The van der Waals surface area contributed by atoms with Crippen molar-refractivity contribution >= 4 is 33.6 Å². The average molecular weight is 444 g/mol. The van der Waals surface area contributed by atoms with Gasteiger partial charge in [0.15, 0.2) is 15.2 Å². The summed E-state index contributed by atoms with van der Waals surface area (Å²) in [6.45, 7) is 0.478. The molecule has 10 nitrogen and oxygen atoms in total. The van der Waals surface area contributed by atoms with Gasteiger partial charge in [-0.3, -0.25) is 19.3 Å². The minimum Gasteiger partial charge on any atom is -0.543 e. The summed E-state index contributed by atoms with van der Waals surface area (Å²) in [5.74, 6) is -4.71. The van der Waals surface area contributed by atoms with Crippen LogP contribution in [0, 0.1) is 0 Å². The van der Waals surface area contributed by atoms with Crippen LogP contribution < -0.4 is 40.0 Å². The number of amides is 2. The van der Waals surface area contributed by atoms with Gasteiger partial charge in [-0.15, -0.1) is 0 Å². The number of rotatable bonds is 6. The van der Waals surface area contributed by atoms with E-state index in [1.807, 2.05) is 0 Å². The molecule has 2 aliphatic heterocycles. The Morgan fingerprint density at radius 2 is 1.87 bits per heavy atom. The van der Waals surface area contributed by atoms with E-state index in [1.54, 1.807) is 30.3 Å². The van der Waals surface area contributed by atoms with Gasteiger partial charge in [0.2, 0.25) is 5.91 Å². The van der Waals surface area contributed by atoms with E-state index in [9.17, 15) is 32.7 Å². The Balaban J connectivity index is 0.00000320. The van der Waals surface area contributed by atoms with Crippen LogP contribution in [0.4, 0.5) is 0 Å². The fourth-order valence-electron chi connectivity index (χ4n) is 3.32. The third-order valence-electron chi connectivity index (χ3n) is 4.53. The average Bonchev–Trinajstić information content (AvgIpc) is 2.64. The van der Waals surface area contributed by atoms with Crippen molar-refractivity contribution in [1.82, 2.24) is 10.2 Å². The topological polar surface area (TPSA) is 150 Å². The maximum Gasteiger partial charge on any atom is 1.00 e. The molecule has 154 valence electrons. The Hall–Kier alpha value is -2.21. The van der Waals surface area contributed by atoms with Gasteiger partial charge in [-0.1, -0.05) is 30.3 Å². The van der Waals surface area contributed by atoms with Crippen molar-refractivity contribution in [2.75, 3.05) is 12.4 Å². The maximum absolute atomic E-state index is 12.6. The standard InChI is InChI=1S/C18H18N2O8S.Na/c1-10(21)28-8-12-9-29(26,27)17-14(16(23)20(17)15(12)18(24)25)19-13(22)7-11-5-3-2-4-6-11;/h2-6,14,17H,7-9H2,1H3,(H,19,22)(H,24,25);/q;+1/p-1/t14-,17+;/m1./s1. The van der Waals surface area contributed by atoms with Crippen molar-refractivity contribution in [3.63, 3.8) is 0 Å². The molecule has 0 bridgehead atoms. The van der Waals surface area contributed by atoms with Gasteiger partial charge in [-0.05, 0) is 5.56 Å². The molecule has 1 aromatic rings. The summed E-state index contributed by atoms with van der Waals surface area (Å²) < 4.78 is 30.0. The summed E-state index contributed by atoms with van der Waals surface area (Å²) in [7, 11) is -4.04. The SMILES string of the molecule is CC(=O)OCC1=C(C(=O)[O-])N2C(=O)[C@@H](NC(=O)Cc3ccccc3)[C@@H]2S(=O)(=O)C1.[Na+]. The fourth-order valence-corrected chi connectivity index (χ4v) is 5.32. The van der Waals surface area contributed by atoms with Crippen molar-refractivity contribution < 1.29 is 67.0 Å². The molecular weight excluding hydrogens is 427 g/mol. The summed E-state index contributed by atoms with van der Waals surface area (Å²) in [5.41, 5.74) is -0.248. The molecule has 0 saturated carbocycles. The summed E-state index contributed by atoms with van der Waals surface area (Å²) in [4.78, 5) is 47.8. The van der Waals surface area contributed by atoms with Crippen molar-refractivity contribution in [3.8, 4) is 0 Å². The van der Waals surface area contributed by atoms with Crippen LogP contribution >= 0.6 is 0 Å². The third-order valence-corrected chi connectivity index (χ3v) is 6.50. The minimum absolute atomic E-state index is 0. The molecular formula is C18H17N2NaO8S. The zero-order valence-corrected chi connectivity index (χ0v) is 19.1. The van der Waals surface area contributed by atoms with Gasteiger partial charge in [0, 0.05) is 12.5 Å². The number of nitrogens with one attached hydrogen (secondary N) is 1. The summed E-state index contributed by atoms with van der Waals surface area (Å²) in [6, 6.07) is 7.22. The normalized spacial score (nSPS) is 21.6. The number of benzene rings is 1. The number of fused-ring (bicyclic) bond motifs is 1. The van der Waals surface area contributed by atoms with Crippen molar-refractivity contribution in [3.05, 3.63) is 47.2 Å². The Kier molecular flexibility index (Phi) is 7.45. The molecule has 1 N–H and O–H groups in total. The molecule has 2 heterocycles. The van der Waals surface area contributed by atoms with Gasteiger partial charge >= 0.3 is 35.5 Å². The van der Waals surface area contributed by atoms with Crippen LogP contribution in [0.15, 0.2) is 41.6 Å². The van der Waals surface area contributed by atoms with Gasteiger partial charge in [0.1, 0.15) is 12.6 Å². The first-order valence-electron chi connectivity index (χ1n) is 8.56. The molecule has 0 spiro atoms. The molecule has 1 fully saturated rings. The number of carbonyl (C=O) groups excluding carboxylic acids is 4. The van der Waals surface area contributed by atoms with Gasteiger partial charge in [-0.2, -0.15) is 0 Å². The van der Waals surface area contributed by atoms with Crippen molar-refractivity contribution in [2.45, 2.75) is 24.8 Å². The van der Waals surface area contributed by atoms with Gasteiger partial charge in [-0.25, -0.2) is 8.42 Å². The summed E-state index contributed by atoms with van der Waals surface area (Å²) >= 11 is 0. The van der Waals surface area contributed by atoms with Crippen LogP contribution in [0.25, 0.3) is 0 Å². The number of aliphatic carboxylic acids is 1. The van der Waals surface area contributed by atoms with Crippen LogP contribution in [0.3, 0.4) is 0 Å². The minimum atomic E-state index is -4.04. The number of hydrogen-bond donors (Lipinski definition) is 1.